The molecule has 10 rings (SSSR count). The first-order chi connectivity index (χ1) is 23.8. The third-order valence-electron chi connectivity index (χ3n) is 9.15. The Bertz CT molecular complexity index is 2850. The van der Waals surface area contributed by atoms with Gasteiger partial charge in [-0.2, -0.15) is 9.97 Å². The van der Waals surface area contributed by atoms with Crippen LogP contribution in [-0.2, 0) is 0 Å². The molecule has 6 heteroatoms. The third-order valence-corrected chi connectivity index (χ3v) is 9.15. The number of aromatic nitrogens is 5. The van der Waals surface area contributed by atoms with Gasteiger partial charge in [-0.15, -0.1) is 0 Å². The quantitative estimate of drug-likeness (QED) is 0.197. The lowest BCUT2D eigenvalue weighted by atomic mass is 10.0. The van der Waals surface area contributed by atoms with Crippen molar-refractivity contribution in [3.05, 3.63) is 152 Å². The second kappa shape index (κ2) is 10.4. The minimum atomic E-state index is 0.549. The Kier molecular flexibility index (Phi) is 5.77. The van der Waals surface area contributed by atoms with Crippen LogP contribution in [0.2, 0.25) is 0 Å². The molecule has 0 radical (unpaired) electrons. The Balaban J connectivity index is 1.27. The number of rotatable bonds is 4. The molecule has 0 saturated heterocycles. The Morgan fingerprint density at radius 2 is 1.27 bits per heavy atom. The normalized spacial score (nSPS) is 11.8. The summed E-state index contributed by atoms with van der Waals surface area (Å²) < 4.78 is 8.36. The van der Waals surface area contributed by atoms with Crippen LogP contribution in [0.1, 0.15) is 0 Å². The summed E-state index contributed by atoms with van der Waals surface area (Å²) in [6, 6.07) is 48.2. The largest absolute Gasteiger partial charge is 0.454 e. The highest BCUT2D eigenvalue weighted by molar-refractivity contribution is 6.12. The second-order valence-electron chi connectivity index (χ2n) is 11.9. The Morgan fingerprint density at radius 1 is 0.479 bits per heavy atom. The van der Waals surface area contributed by atoms with E-state index >= 15 is 0 Å². The fourth-order valence-electron chi connectivity index (χ4n) is 6.91. The maximum atomic E-state index is 6.20. The maximum absolute atomic E-state index is 6.20. The molecule has 0 aliphatic rings. The van der Waals surface area contributed by atoms with E-state index in [2.05, 4.69) is 125 Å². The third kappa shape index (κ3) is 4.13. The van der Waals surface area contributed by atoms with Gasteiger partial charge in [0.15, 0.2) is 17.2 Å². The molecule has 0 spiro atoms. The highest BCUT2D eigenvalue weighted by Crippen LogP contribution is 2.38. The van der Waals surface area contributed by atoms with Gasteiger partial charge in [0.25, 0.3) is 0 Å². The van der Waals surface area contributed by atoms with Gasteiger partial charge in [0.05, 0.1) is 17.2 Å². The van der Waals surface area contributed by atoms with E-state index in [1.54, 1.807) is 12.4 Å². The molecule has 0 aliphatic carbocycles. The number of nitrogens with zero attached hydrogens (tertiary/aromatic N) is 5. The van der Waals surface area contributed by atoms with E-state index in [1.807, 2.05) is 24.3 Å². The molecule has 6 nitrogen and oxygen atoms in total. The summed E-state index contributed by atoms with van der Waals surface area (Å²) in [5.41, 5.74) is 7.65. The van der Waals surface area contributed by atoms with Gasteiger partial charge in [0.1, 0.15) is 5.58 Å². The Labute approximate surface area is 274 Å². The molecular weight excluding hydrogens is 590 g/mol. The summed E-state index contributed by atoms with van der Waals surface area (Å²) in [5, 5.41) is 6.47. The highest BCUT2D eigenvalue weighted by atomic mass is 16.3. The van der Waals surface area contributed by atoms with Crippen molar-refractivity contribution in [1.29, 1.82) is 0 Å². The van der Waals surface area contributed by atoms with E-state index in [-0.39, 0.29) is 0 Å². The lowest BCUT2D eigenvalue weighted by Gasteiger charge is -2.12. The maximum Gasteiger partial charge on any atom is 0.238 e. The molecule has 0 atom stereocenters. The Hall–Kier alpha value is -6.66. The van der Waals surface area contributed by atoms with Crippen LogP contribution in [0.25, 0.3) is 94.4 Å². The molecule has 0 aliphatic heterocycles. The number of benzene rings is 6. The summed E-state index contributed by atoms with van der Waals surface area (Å²) in [5.74, 6) is 1.72. The van der Waals surface area contributed by atoms with Gasteiger partial charge < -0.3 is 4.42 Å². The standard InChI is InChI=1S/C42H25N5O/c1-2-9-26(10-3-1)29-19-20-36-34(24-29)31-13-6-7-15-35(31)47(36)42-45-40(30-18-17-27-11-4-5-12-28(27)23-30)44-41(46-42)33-14-8-16-37-39(33)32-21-22-43-25-38(32)48-37/h1-25H. The van der Waals surface area contributed by atoms with Crippen molar-refractivity contribution in [2.75, 3.05) is 0 Å². The van der Waals surface area contributed by atoms with E-state index in [0.29, 0.717) is 17.6 Å². The second-order valence-corrected chi connectivity index (χ2v) is 11.9. The van der Waals surface area contributed by atoms with Gasteiger partial charge in [-0.25, -0.2) is 4.98 Å². The zero-order valence-electron chi connectivity index (χ0n) is 25.6. The summed E-state index contributed by atoms with van der Waals surface area (Å²) in [7, 11) is 0. The number of furan rings is 1. The van der Waals surface area contributed by atoms with Crippen LogP contribution >= 0.6 is 0 Å². The van der Waals surface area contributed by atoms with Crippen LogP contribution < -0.4 is 0 Å². The van der Waals surface area contributed by atoms with Crippen LogP contribution in [-0.4, -0.2) is 24.5 Å². The molecule has 0 saturated carbocycles. The van der Waals surface area contributed by atoms with Crippen LogP contribution in [0, 0.1) is 0 Å². The van der Waals surface area contributed by atoms with Crippen LogP contribution in [0.4, 0.5) is 0 Å². The fourth-order valence-corrected chi connectivity index (χ4v) is 6.91. The Morgan fingerprint density at radius 3 is 2.21 bits per heavy atom. The molecule has 4 heterocycles. The average molecular weight is 616 g/mol. The molecule has 0 bridgehead atoms. The van der Waals surface area contributed by atoms with Gasteiger partial charge in [-0.3, -0.25) is 9.55 Å². The molecule has 4 aromatic heterocycles. The van der Waals surface area contributed by atoms with Gasteiger partial charge in [-0.05, 0) is 58.3 Å². The SMILES string of the molecule is c1ccc(-c2ccc3c(c2)c2ccccc2n3-c2nc(-c3ccc4ccccc4c3)nc(-c3cccc4oc5cnccc5c34)n2)cc1. The van der Waals surface area contributed by atoms with Gasteiger partial charge in [-0.1, -0.05) is 103 Å². The molecule has 48 heavy (non-hydrogen) atoms. The summed E-state index contributed by atoms with van der Waals surface area (Å²) >= 11 is 0. The number of hydrogen-bond donors (Lipinski definition) is 0. The van der Waals surface area contributed by atoms with Crippen molar-refractivity contribution in [2.24, 2.45) is 0 Å². The fraction of sp³-hybridized carbons (Fsp3) is 0. The minimum Gasteiger partial charge on any atom is -0.454 e. The van der Waals surface area contributed by atoms with Gasteiger partial charge in [0, 0.05) is 38.9 Å². The summed E-state index contributed by atoms with van der Waals surface area (Å²) in [6.45, 7) is 0. The lowest BCUT2D eigenvalue weighted by molar-refractivity contribution is 0.667. The zero-order valence-corrected chi connectivity index (χ0v) is 25.6. The van der Waals surface area contributed by atoms with Crippen molar-refractivity contribution in [3.8, 4) is 39.9 Å². The minimum absolute atomic E-state index is 0.549. The van der Waals surface area contributed by atoms with Crippen molar-refractivity contribution < 1.29 is 4.42 Å². The van der Waals surface area contributed by atoms with E-state index in [0.717, 1.165) is 71.2 Å². The smallest absolute Gasteiger partial charge is 0.238 e. The molecule has 10 aromatic rings. The van der Waals surface area contributed by atoms with E-state index in [4.69, 9.17) is 19.4 Å². The van der Waals surface area contributed by atoms with Crippen LogP contribution in [0.3, 0.4) is 0 Å². The first kappa shape index (κ1) is 26.5. The molecule has 0 unspecified atom stereocenters. The monoisotopic (exact) mass is 615 g/mol. The van der Waals surface area contributed by atoms with E-state index < -0.39 is 0 Å². The van der Waals surface area contributed by atoms with Crippen LogP contribution in [0.5, 0.6) is 0 Å². The van der Waals surface area contributed by atoms with Crippen molar-refractivity contribution in [3.63, 3.8) is 0 Å². The number of para-hydroxylation sites is 1. The predicted octanol–water partition coefficient (Wildman–Crippen LogP) is 10.4. The summed E-state index contributed by atoms with van der Waals surface area (Å²) in [4.78, 5) is 19.9. The molecule has 0 fully saturated rings. The zero-order chi connectivity index (χ0) is 31.6. The first-order valence-corrected chi connectivity index (χ1v) is 15.9. The number of pyridine rings is 1. The van der Waals surface area contributed by atoms with E-state index in [1.165, 1.54) is 5.56 Å². The van der Waals surface area contributed by atoms with Crippen molar-refractivity contribution in [2.45, 2.75) is 0 Å². The molecule has 0 N–H and O–H groups in total. The molecular formula is C42H25N5O. The molecule has 0 amide bonds. The van der Waals surface area contributed by atoms with Gasteiger partial charge in [0.2, 0.25) is 5.95 Å². The average Bonchev–Trinajstić information content (AvgIpc) is 3.70. The summed E-state index contributed by atoms with van der Waals surface area (Å²) in [6.07, 6.45) is 3.54. The number of fused-ring (bicyclic) bond motifs is 7. The topological polar surface area (TPSA) is 69.6 Å². The first-order valence-electron chi connectivity index (χ1n) is 15.9. The predicted molar refractivity (Wildman–Crippen MR) is 193 cm³/mol. The van der Waals surface area contributed by atoms with Crippen molar-refractivity contribution in [1.82, 2.24) is 24.5 Å². The number of hydrogen-bond acceptors (Lipinski definition) is 5. The van der Waals surface area contributed by atoms with E-state index in [9.17, 15) is 0 Å². The molecule has 6 aromatic carbocycles. The molecule has 224 valence electrons. The lowest BCUT2D eigenvalue weighted by Crippen LogP contribution is -2.06. The van der Waals surface area contributed by atoms with Crippen LogP contribution in [0.15, 0.2) is 156 Å². The van der Waals surface area contributed by atoms with Crippen molar-refractivity contribution >= 4 is 54.5 Å². The van der Waals surface area contributed by atoms with Gasteiger partial charge >= 0.3 is 0 Å². The highest BCUT2D eigenvalue weighted by Gasteiger charge is 2.21.